The van der Waals surface area contributed by atoms with Crippen molar-refractivity contribution in [1.29, 1.82) is 0 Å². The predicted octanol–water partition coefficient (Wildman–Crippen LogP) is 2.26. The predicted molar refractivity (Wildman–Crippen MR) is 100 cm³/mol. The van der Waals surface area contributed by atoms with E-state index in [1.807, 2.05) is 59.5 Å². The van der Waals surface area contributed by atoms with Gasteiger partial charge in [0, 0.05) is 31.7 Å². The van der Waals surface area contributed by atoms with Crippen molar-refractivity contribution in [2.75, 3.05) is 39.8 Å². The van der Waals surface area contributed by atoms with Gasteiger partial charge in [-0.15, -0.1) is 0 Å². The number of Topliss-reactive ketones (excluding diaryl/α,β-unsaturated/α-hetero) is 1. The normalized spacial score (nSPS) is 14.9. The molecule has 1 aliphatic rings. The van der Waals surface area contributed by atoms with Crippen LogP contribution >= 0.6 is 0 Å². The van der Waals surface area contributed by atoms with Gasteiger partial charge in [-0.05, 0) is 17.7 Å². The SMILES string of the molecule is COc1ccc(CC(=O)N2CCN(CC(=O)c3ccccc3)CC2)cc1. The maximum Gasteiger partial charge on any atom is 0.227 e. The largest absolute Gasteiger partial charge is 0.497 e. The fraction of sp³-hybridized carbons (Fsp3) is 0.333. The van der Waals surface area contributed by atoms with Crippen molar-refractivity contribution < 1.29 is 14.3 Å². The topological polar surface area (TPSA) is 49.9 Å². The molecule has 0 N–H and O–H groups in total. The van der Waals surface area contributed by atoms with Gasteiger partial charge in [0.1, 0.15) is 5.75 Å². The first-order chi connectivity index (χ1) is 12.7. The van der Waals surface area contributed by atoms with Gasteiger partial charge in [0.15, 0.2) is 5.78 Å². The Hall–Kier alpha value is -2.66. The van der Waals surface area contributed by atoms with E-state index in [2.05, 4.69) is 4.90 Å². The van der Waals surface area contributed by atoms with Gasteiger partial charge in [0.2, 0.25) is 5.91 Å². The van der Waals surface area contributed by atoms with Gasteiger partial charge in [-0.1, -0.05) is 42.5 Å². The van der Waals surface area contributed by atoms with Crippen molar-refractivity contribution in [2.45, 2.75) is 6.42 Å². The molecule has 0 unspecified atom stereocenters. The van der Waals surface area contributed by atoms with Crippen LogP contribution in [0.25, 0.3) is 0 Å². The average molecular weight is 352 g/mol. The molecule has 2 aromatic carbocycles. The van der Waals surface area contributed by atoms with Crippen molar-refractivity contribution >= 4 is 11.7 Å². The minimum absolute atomic E-state index is 0.128. The molecule has 136 valence electrons. The number of hydrogen-bond acceptors (Lipinski definition) is 4. The summed E-state index contributed by atoms with van der Waals surface area (Å²) in [4.78, 5) is 28.8. The van der Waals surface area contributed by atoms with Crippen molar-refractivity contribution in [1.82, 2.24) is 9.80 Å². The summed E-state index contributed by atoms with van der Waals surface area (Å²) >= 11 is 0. The van der Waals surface area contributed by atoms with Crippen LogP contribution in [-0.4, -0.2) is 61.3 Å². The molecule has 1 fully saturated rings. The zero-order chi connectivity index (χ0) is 18.4. The quantitative estimate of drug-likeness (QED) is 0.749. The molecule has 0 atom stereocenters. The van der Waals surface area contributed by atoms with Crippen LogP contribution in [0.1, 0.15) is 15.9 Å². The summed E-state index contributed by atoms with van der Waals surface area (Å²) < 4.78 is 5.14. The third-order valence-electron chi connectivity index (χ3n) is 4.70. The Morgan fingerprint density at radius 2 is 1.58 bits per heavy atom. The van der Waals surface area contributed by atoms with Gasteiger partial charge < -0.3 is 9.64 Å². The van der Waals surface area contributed by atoms with Crippen molar-refractivity contribution in [3.63, 3.8) is 0 Å². The molecule has 0 saturated carbocycles. The van der Waals surface area contributed by atoms with E-state index in [0.717, 1.165) is 30.0 Å². The summed E-state index contributed by atoms with van der Waals surface area (Å²) in [5, 5.41) is 0. The van der Waals surface area contributed by atoms with Gasteiger partial charge in [0.25, 0.3) is 0 Å². The van der Waals surface area contributed by atoms with Crippen molar-refractivity contribution in [3.05, 3.63) is 65.7 Å². The van der Waals surface area contributed by atoms with Gasteiger partial charge in [0.05, 0.1) is 20.1 Å². The summed E-state index contributed by atoms with van der Waals surface area (Å²) in [6, 6.07) is 16.9. The summed E-state index contributed by atoms with van der Waals surface area (Å²) in [7, 11) is 1.63. The van der Waals surface area contributed by atoms with Gasteiger partial charge >= 0.3 is 0 Å². The van der Waals surface area contributed by atoms with Crippen LogP contribution in [0.3, 0.4) is 0 Å². The van der Waals surface area contributed by atoms with E-state index in [4.69, 9.17) is 4.74 Å². The first kappa shape index (κ1) is 18.1. The summed E-state index contributed by atoms with van der Waals surface area (Å²) in [6.45, 7) is 3.19. The monoisotopic (exact) mass is 352 g/mol. The molecule has 1 saturated heterocycles. The molecule has 26 heavy (non-hydrogen) atoms. The number of hydrogen-bond donors (Lipinski definition) is 0. The smallest absolute Gasteiger partial charge is 0.227 e. The molecule has 0 bridgehead atoms. The van der Waals surface area contributed by atoms with Crippen LogP contribution in [0.5, 0.6) is 5.75 Å². The number of amides is 1. The molecule has 0 aromatic heterocycles. The highest BCUT2D eigenvalue weighted by molar-refractivity contribution is 5.97. The molecule has 5 nitrogen and oxygen atoms in total. The Morgan fingerprint density at radius 3 is 2.19 bits per heavy atom. The zero-order valence-electron chi connectivity index (χ0n) is 15.1. The van der Waals surface area contributed by atoms with E-state index in [1.54, 1.807) is 7.11 Å². The van der Waals surface area contributed by atoms with Crippen LogP contribution in [0.4, 0.5) is 0 Å². The van der Waals surface area contributed by atoms with E-state index in [0.29, 0.717) is 26.1 Å². The van der Waals surface area contributed by atoms with E-state index >= 15 is 0 Å². The van der Waals surface area contributed by atoms with Gasteiger partial charge in [-0.3, -0.25) is 14.5 Å². The molecule has 1 heterocycles. The minimum atomic E-state index is 0.128. The summed E-state index contributed by atoms with van der Waals surface area (Å²) in [5.41, 5.74) is 1.72. The first-order valence-electron chi connectivity index (χ1n) is 8.87. The summed E-state index contributed by atoms with van der Waals surface area (Å²) in [6.07, 6.45) is 0.396. The van der Waals surface area contributed by atoms with Crippen molar-refractivity contribution in [2.24, 2.45) is 0 Å². The average Bonchev–Trinajstić information content (AvgIpc) is 2.69. The number of rotatable bonds is 6. The van der Waals surface area contributed by atoms with Gasteiger partial charge in [-0.2, -0.15) is 0 Å². The lowest BCUT2D eigenvalue weighted by Crippen LogP contribution is -2.50. The fourth-order valence-corrected chi connectivity index (χ4v) is 3.10. The molecule has 0 radical (unpaired) electrons. The third kappa shape index (κ3) is 4.70. The number of ketones is 1. The molecule has 1 amide bonds. The molecule has 2 aromatic rings. The Balaban J connectivity index is 1.46. The van der Waals surface area contributed by atoms with Crippen LogP contribution in [0, 0.1) is 0 Å². The van der Waals surface area contributed by atoms with Crippen LogP contribution < -0.4 is 4.74 Å². The Bertz CT molecular complexity index is 736. The molecule has 1 aliphatic heterocycles. The number of ether oxygens (including phenoxy) is 1. The van der Waals surface area contributed by atoms with Crippen LogP contribution in [-0.2, 0) is 11.2 Å². The molecule has 3 rings (SSSR count). The molecule has 5 heteroatoms. The maximum absolute atomic E-state index is 12.5. The maximum atomic E-state index is 12.5. The lowest BCUT2D eigenvalue weighted by atomic mass is 10.1. The fourth-order valence-electron chi connectivity index (χ4n) is 3.10. The van der Waals surface area contributed by atoms with E-state index in [1.165, 1.54) is 0 Å². The Labute approximate surface area is 154 Å². The zero-order valence-corrected chi connectivity index (χ0v) is 15.1. The number of methoxy groups -OCH3 is 1. The molecular weight excluding hydrogens is 328 g/mol. The molecule has 0 aliphatic carbocycles. The number of benzene rings is 2. The van der Waals surface area contributed by atoms with Crippen LogP contribution in [0.15, 0.2) is 54.6 Å². The standard InChI is InChI=1S/C21H24N2O3/c1-26-19-9-7-17(8-10-19)15-21(25)23-13-11-22(12-14-23)16-20(24)18-5-3-2-4-6-18/h2-10H,11-16H2,1H3. The highest BCUT2D eigenvalue weighted by atomic mass is 16.5. The van der Waals surface area contributed by atoms with E-state index < -0.39 is 0 Å². The van der Waals surface area contributed by atoms with E-state index in [9.17, 15) is 9.59 Å². The minimum Gasteiger partial charge on any atom is -0.497 e. The van der Waals surface area contributed by atoms with E-state index in [-0.39, 0.29) is 11.7 Å². The number of carbonyl (C=O) groups is 2. The molecular formula is C21H24N2O3. The second-order valence-electron chi connectivity index (χ2n) is 6.47. The number of piperazine rings is 1. The second-order valence-corrected chi connectivity index (χ2v) is 6.47. The number of nitrogens with zero attached hydrogens (tertiary/aromatic N) is 2. The van der Waals surface area contributed by atoms with Crippen molar-refractivity contribution in [3.8, 4) is 5.75 Å². The summed E-state index contributed by atoms with van der Waals surface area (Å²) in [5.74, 6) is 1.05. The van der Waals surface area contributed by atoms with Crippen LogP contribution in [0.2, 0.25) is 0 Å². The first-order valence-corrected chi connectivity index (χ1v) is 8.87. The Kier molecular flexibility index (Phi) is 6.02. The highest BCUT2D eigenvalue weighted by Gasteiger charge is 2.22. The lowest BCUT2D eigenvalue weighted by Gasteiger charge is -2.34. The molecule has 0 spiro atoms. The number of carbonyl (C=O) groups excluding carboxylic acids is 2. The second kappa shape index (κ2) is 8.63. The lowest BCUT2D eigenvalue weighted by molar-refractivity contribution is -0.132. The highest BCUT2D eigenvalue weighted by Crippen LogP contribution is 2.13. The third-order valence-corrected chi connectivity index (χ3v) is 4.70. The Morgan fingerprint density at radius 1 is 0.923 bits per heavy atom. The van der Waals surface area contributed by atoms with Gasteiger partial charge in [-0.25, -0.2) is 0 Å².